The smallest absolute Gasteiger partial charge is 0.166 e. The fourth-order valence-corrected chi connectivity index (χ4v) is 2.40. The fourth-order valence-electron chi connectivity index (χ4n) is 1.69. The normalized spacial score (nSPS) is 13.1. The van der Waals surface area contributed by atoms with Crippen LogP contribution in [0.15, 0.2) is 17.5 Å². The van der Waals surface area contributed by atoms with Crippen LogP contribution in [0.5, 0.6) is 0 Å². The molecule has 2 nitrogen and oxygen atoms in total. The zero-order chi connectivity index (χ0) is 11.3. The molecule has 1 atom stereocenters. The fraction of sp³-hybridized carbons (Fsp3) is 0.583. The van der Waals surface area contributed by atoms with Gasteiger partial charge in [-0.2, -0.15) is 0 Å². The van der Waals surface area contributed by atoms with Crippen molar-refractivity contribution in [3.05, 3.63) is 22.4 Å². The lowest BCUT2D eigenvalue weighted by Crippen LogP contribution is -2.30. The van der Waals surface area contributed by atoms with Crippen molar-refractivity contribution in [1.29, 1.82) is 0 Å². The van der Waals surface area contributed by atoms with Gasteiger partial charge in [0.25, 0.3) is 0 Å². The largest absolute Gasteiger partial charge is 0.385 e. The van der Waals surface area contributed by atoms with Crippen molar-refractivity contribution in [1.82, 2.24) is 0 Å². The third-order valence-electron chi connectivity index (χ3n) is 2.75. The highest BCUT2D eigenvalue weighted by atomic mass is 32.1. The van der Waals surface area contributed by atoms with Crippen LogP contribution in [0.4, 0.5) is 0 Å². The van der Waals surface area contributed by atoms with Crippen LogP contribution >= 0.6 is 11.3 Å². The Bertz CT molecular complexity index is 289. The van der Waals surface area contributed by atoms with Gasteiger partial charge in [-0.1, -0.05) is 32.8 Å². The van der Waals surface area contributed by atoms with Crippen LogP contribution in [0, 0.1) is 5.92 Å². The minimum Gasteiger partial charge on any atom is -0.385 e. The number of Topliss-reactive ketones (excluding diaryl/α,β-unsaturated/α-hetero) is 1. The van der Waals surface area contributed by atoms with Crippen LogP contribution in [0.2, 0.25) is 0 Å². The Labute approximate surface area is 94.9 Å². The van der Waals surface area contributed by atoms with E-state index in [0.717, 1.165) is 17.7 Å². The van der Waals surface area contributed by atoms with Gasteiger partial charge in [-0.3, -0.25) is 4.79 Å². The van der Waals surface area contributed by atoms with Crippen molar-refractivity contribution in [2.24, 2.45) is 5.92 Å². The maximum atomic E-state index is 11.7. The van der Waals surface area contributed by atoms with E-state index in [9.17, 15) is 9.90 Å². The summed E-state index contributed by atoms with van der Waals surface area (Å²) >= 11 is 1.56. The lowest BCUT2D eigenvalue weighted by molar-refractivity contribution is -0.129. The highest BCUT2D eigenvalue weighted by molar-refractivity contribution is 7.10. The Kier molecular flexibility index (Phi) is 4.99. The van der Waals surface area contributed by atoms with Gasteiger partial charge in [0.1, 0.15) is 6.10 Å². The summed E-state index contributed by atoms with van der Waals surface area (Å²) in [6.07, 6.45) is 1.29. The van der Waals surface area contributed by atoms with Crippen molar-refractivity contribution < 1.29 is 9.90 Å². The molecule has 0 saturated heterocycles. The average Bonchev–Trinajstić information content (AvgIpc) is 2.72. The second-order valence-electron chi connectivity index (χ2n) is 3.74. The molecule has 0 aliphatic carbocycles. The molecule has 1 heterocycles. The summed E-state index contributed by atoms with van der Waals surface area (Å²) in [5.41, 5.74) is 0. The number of carbonyl (C=O) groups is 1. The molecule has 1 aromatic heterocycles. The molecule has 0 aliphatic rings. The van der Waals surface area contributed by atoms with E-state index < -0.39 is 6.10 Å². The molecule has 3 heteroatoms. The maximum Gasteiger partial charge on any atom is 0.166 e. The quantitative estimate of drug-likeness (QED) is 0.809. The summed E-state index contributed by atoms with van der Waals surface area (Å²) in [6, 6.07) is 3.86. The molecule has 0 spiro atoms. The van der Waals surface area contributed by atoms with Crippen LogP contribution in [-0.4, -0.2) is 17.0 Å². The highest BCUT2D eigenvalue weighted by Crippen LogP contribution is 2.17. The molecule has 0 radical (unpaired) electrons. The third-order valence-corrected chi connectivity index (χ3v) is 3.63. The Hall–Kier alpha value is -0.670. The van der Waals surface area contributed by atoms with E-state index in [0.29, 0.717) is 6.42 Å². The topological polar surface area (TPSA) is 37.3 Å². The van der Waals surface area contributed by atoms with Gasteiger partial charge in [0.2, 0.25) is 0 Å². The zero-order valence-corrected chi connectivity index (χ0v) is 10.1. The van der Waals surface area contributed by atoms with Crippen LogP contribution in [0.25, 0.3) is 0 Å². The number of aliphatic hydroxyl groups is 1. The third kappa shape index (κ3) is 3.43. The van der Waals surface area contributed by atoms with Crippen LogP contribution in [-0.2, 0) is 11.2 Å². The lowest BCUT2D eigenvalue weighted by Gasteiger charge is -2.18. The molecule has 0 fully saturated rings. The Morgan fingerprint density at radius 2 is 2.13 bits per heavy atom. The number of ketones is 1. The summed E-state index contributed by atoms with van der Waals surface area (Å²) in [7, 11) is 0. The number of hydrogen-bond donors (Lipinski definition) is 1. The Balaban J connectivity index is 2.53. The average molecular weight is 226 g/mol. The second-order valence-corrected chi connectivity index (χ2v) is 4.78. The van der Waals surface area contributed by atoms with Crippen LogP contribution in [0.3, 0.4) is 0 Å². The first-order chi connectivity index (χ1) is 7.19. The van der Waals surface area contributed by atoms with Crippen molar-refractivity contribution in [3.8, 4) is 0 Å². The van der Waals surface area contributed by atoms with Crippen molar-refractivity contribution >= 4 is 17.1 Å². The summed E-state index contributed by atoms with van der Waals surface area (Å²) in [6.45, 7) is 4.02. The highest BCUT2D eigenvalue weighted by Gasteiger charge is 2.23. The minimum absolute atomic E-state index is 0.0499. The summed E-state index contributed by atoms with van der Waals surface area (Å²) in [5, 5.41) is 11.8. The Morgan fingerprint density at radius 3 is 2.60 bits per heavy atom. The first kappa shape index (κ1) is 12.4. The summed E-state index contributed by atoms with van der Waals surface area (Å²) in [4.78, 5) is 12.8. The molecule has 15 heavy (non-hydrogen) atoms. The van der Waals surface area contributed by atoms with E-state index >= 15 is 0 Å². The SMILES string of the molecule is CCC(CC)C(O)C(=O)Cc1cccs1. The van der Waals surface area contributed by atoms with E-state index in [4.69, 9.17) is 0 Å². The van der Waals surface area contributed by atoms with Crippen molar-refractivity contribution in [3.63, 3.8) is 0 Å². The molecule has 1 aromatic rings. The Morgan fingerprint density at radius 1 is 1.47 bits per heavy atom. The lowest BCUT2D eigenvalue weighted by atomic mass is 9.92. The first-order valence-corrected chi connectivity index (χ1v) is 6.30. The summed E-state index contributed by atoms with van der Waals surface area (Å²) in [5.74, 6) is 0.0589. The van der Waals surface area contributed by atoms with E-state index in [1.807, 2.05) is 31.4 Å². The molecule has 1 unspecified atom stereocenters. The van der Waals surface area contributed by atoms with Gasteiger partial charge in [-0.15, -0.1) is 11.3 Å². The number of hydrogen-bond acceptors (Lipinski definition) is 3. The van der Waals surface area contributed by atoms with E-state index in [2.05, 4.69) is 0 Å². The predicted molar refractivity (Wildman–Crippen MR) is 63.1 cm³/mol. The van der Waals surface area contributed by atoms with E-state index in [-0.39, 0.29) is 11.7 Å². The van der Waals surface area contributed by atoms with Crippen molar-refractivity contribution in [2.75, 3.05) is 0 Å². The molecular weight excluding hydrogens is 208 g/mol. The van der Waals surface area contributed by atoms with Gasteiger partial charge >= 0.3 is 0 Å². The van der Waals surface area contributed by atoms with Gasteiger partial charge in [0.15, 0.2) is 5.78 Å². The van der Waals surface area contributed by atoms with Gasteiger partial charge in [-0.05, 0) is 17.4 Å². The summed E-state index contributed by atoms with van der Waals surface area (Å²) < 4.78 is 0. The molecule has 84 valence electrons. The maximum absolute atomic E-state index is 11.7. The molecule has 0 bridgehead atoms. The second kappa shape index (κ2) is 6.03. The predicted octanol–water partition coefficient (Wildman–Crippen LogP) is 2.66. The molecule has 0 amide bonds. The molecule has 1 N–H and O–H groups in total. The zero-order valence-electron chi connectivity index (χ0n) is 9.27. The number of aliphatic hydroxyl groups excluding tert-OH is 1. The van der Waals surface area contributed by atoms with Gasteiger partial charge in [-0.25, -0.2) is 0 Å². The molecule has 0 aliphatic heterocycles. The van der Waals surface area contributed by atoms with Gasteiger partial charge in [0, 0.05) is 11.3 Å². The number of thiophene rings is 1. The van der Waals surface area contributed by atoms with E-state index in [1.165, 1.54) is 0 Å². The van der Waals surface area contributed by atoms with Crippen LogP contribution in [0.1, 0.15) is 31.6 Å². The molecule has 0 aromatic carbocycles. The molecule has 0 saturated carbocycles. The monoisotopic (exact) mass is 226 g/mol. The van der Waals surface area contributed by atoms with Crippen LogP contribution < -0.4 is 0 Å². The van der Waals surface area contributed by atoms with Crippen molar-refractivity contribution in [2.45, 2.75) is 39.2 Å². The number of rotatable bonds is 6. The molecule has 1 rings (SSSR count). The van der Waals surface area contributed by atoms with E-state index in [1.54, 1.807) is 11.3 Å². The standard InChI is InChI=1S/C12H18O2S/c1-3-9(4-2)12(14)11(13)8-10-6-5-7-15-10/h5-7,9,12,14H,3-4,8H2,1-2H3. The minimum atomic E-state index is -0.790. The van der Waals surface area contributed by atoms with Gasteiger partial charge < -0.3 is 5.11 Å². The van der Waals surface area contributed by atoms with Gasteiger partial charge in [0.05, 0.1) is 0 Å². The first-order valence-electron chi connectivity index (χ1n) is 5.42. The number of carbonyl (C=O) groups excluding carboxylic acids is 1. The molecular formula is C12H18O2S.